The normalized spacial score (nSPS) is 11.7. The zero-order valence-electron chi connectivity index (χ0n) is 20.5. The third-order valence-corrected chi connectivity index (χ3v) is 7.52. The maximum Gasteiger partial charge on any atom is 0.0973 e. The van der Waals surface area contributed by atoms with Gasteiger partial charge in [-0.1, -0.05) is 84.9 Å². The average Bonchev–Trinajstić information content (AvgIpc) is 2.99. The Hall–Kier alpha value is -5.15. The van der Waals surface area contributed by atoms with Crippen molar-refractivity contribution in [1.29, 1.82) is 0 Å². The van der Waals surface area contributed by atoms with Crippen LogP contribution in [0.2, 0.25) is 0 Å². The van der Waals surface area contributed by atoms with Crippen molar-refractivity contribution in [3.63, 3.8) is 0 Å². The van der Waals surface area contributed by atoms with Gasteiger partial charge in [-0.05, 0) is 79.5 Å². The summed E-state index contributed by atoms with van der Waals surface area (Å²) in [7, 11) is 0. The van der Waals surface area contributed by atoms with E-state index >= 15 is 0 Å². The molecule has 0 aliphatic heterocycles. The first-order valence-electron chi connectivity index (χ1n) is 12.8. The predicted octanol–water partition coefficient (Wildman–Crippen LogP) is 8.97. The predicted molar refractivity (Wildman–Crippen MR) is 158 cm³/mol. The molecule has 3 nitrogen and oxygen atoms in total. The van der Waals surface area contributed by atoms with Crippen LogP contribution in [0.3, 0.4) is 0 Å². The molecule has 0 N–H and O–H groups in total. The van der Waals surface area contributed by atoms with Crippen LogP contribution in [0.5, 0.6) is 0 Å². The minimum atomic E-state index is 0.906. The molecule has 0 atom stereocenters. The molecule has 0 unspecified atom stereocenters. The van der Waals surface area contributed by atoms with Crippen molar-refractivity contribution in [2.45, 2.75) is 0 Å². The van der Waals surface area contributed by atoms with E-state index in [0.29, 0.717) is 0 Å². The molecule has 8 rings (SSSR count). The van der Waals surface area contributed by atoms with Crippen molar-refractivity contribution in [2.75, 3.05) is 0 Å². The van der Waals surface area contributed by atoms with Gasteiger partial charge >= 0.3 is 0 Å². The van der Waals surface area contributed by atoms with Crippen molar-refractivity contribution in [1.82, 2.24) is 15.0 Å². The number of nitrogens with zero attached hydrogens (tertiary/aromatic N) is 3. The SMILES string of the molecule is c1ccc2nc3c(cc(-c4c5ccccc5c(-c5ccncc5)c5ccccc45)c4ccccc43)nc2c1. The van der Waals surface area contributed by atoms with Gasteiger partial charge in [-0.15, -0.1) is 0 Å². The standard InChI is InChI=1S/C35H21N3/c1-6-14-28-23(9-1)29(21-32-35(28)38-31-16-8-7-15-30(31)37-32)34-26-12-4-2-10-24(26)33(22-17-19-36-20-18-22)25-11-3-5-13-27(25)34/h1-21H. The van der Waals surface area contributed by atoms with Crippen LogP contribution in [0.4, 0.5) is 0 Å². The summed E-state index contributed by atoms with van der Waals surface area (Å²) >= 11 is 0. The van der Waals surface area contributed by atoms with Gasteiger partial charge in [0.25, 0.3) is 0 Å². The third kappa shape index (κ3) is 3.06. The zero-order chi connectivity index (χ0) is 25.1. The largest absolute Gasteiger partial charge is 0.265 e. The van der Waals surface area contributed by atoms with Gasteiger partial charge in [-0.2, -0.15) is 0 Å². The molecule has 0 aliphatic rings. The van der Waals surface area contributed by atoms with Gasteiger partial charge in [0.1, 0.15) is 0 Å². The quantitative estimate of drug-likeness (QED) is 0.182. The topological polar surface area (TPSA) is 38.7 Å². The smallest absolute Gasteiger partial charge is 0.0973 e. The van der Waals surface area contributed by atoms with E-state index in [9.17, 15) is 0 Å². The van der Waals surface area contributed by atoms with Gasteiger partial charge in [0.2, 0.25) is 0 Å². The number of benzene rings is 6. The highest BCUT2D eigenvalue weighted by atomic mass is 14.8. The minimum absolute atomic E-state index is 0.906. The molecule has 6 aromatic carbocycles. The summed E-state index contributed by atoms with van der Waals surface area (Å²) in [6.07, 6.45) is 3.74. The van der Waals surface area contributed by atoms with E-state index in [1.54, 1.807) is 0 Å². The van der Waals surface area contributed by atoms with Crippen LogP contribution in [0.1, 0.15) is 0 Å². The van der Waals surface area contributed by atoms with Crippen molar-refractivity contribution < 1.29 is 0 Å². The van der Waals surface area contributed by atoms with Crippen LogP contribution in [0, 0.1) is 0 Å². The Balaban J connectivity index is 1.58. The fourth-order valence-corrected chi connectivity index (χ4v) is 5.91. The Morgan fingerprint density at radius 1 is 0.395 bits per heavy atom. The number of para-hydroxylation sites is 2. The molecule has 0 saturated carbocycles. The number of rotatable bonds is 2. The number of fused-ring (bicyclic) bond motifs is 6. The lowest BCUT2D eigenvalue weighted by Gasteiger charge is -2.19. The summed E-state index contributed by atoms with van der Waals surface area (Å²) in [4.78, 5) is 14.4. The highest BCUT2D eigenvalue weighted by molar-refractivity contribution is 6.25. The van der Waals surface area contributed by atoms with Gasteiger partial charge in [-0.25, -0.2) is 9.97 Å². The highest BCUT2D eigenvalue weighted by Crippen LogP contribution is 2.46. The molecule has 0 aliphatic carbocycles. The van der Waals surface area contributed by atoms with Gasteiger partial charge in [0, 0.05) is 17.8 Å². The van der Waals surface area contributed by atoms with E-state index in [4.69, 9.17) is 9.97 Å². The summed E-state index contributed by atoms with van der Waals surface area (Å²) in [6, 6.07) is 40.6. The fraction of sp³-hybridized carbons (Fsp3) is 0. The number of pyridine rings is 1. The Labute approximate surface area is 219 Å². The molecule has 0 saturated heterocycles. The molecule has 0 fully saturated rings. The van der Waals surface area contributed by atoms with E-state index in [0.717, 1.165) is 27.5 Å². The van der Waals surface area contributed by atoms with E-state index in [1.165, 1.54) is 49.2 Å². The molecule has 8 aromatic rings. The summed E-state index contributed by atoms with van der Waals surface area (Å²) in [6.45, 7) is 0. The Kier molecular flexibility index (Phi) is 4.52. The average molecular weight is 484 g/mol. The summed E-state index contributed by atoms with van der Waals surface area (Å²) < 4.78 is 0. The first kappa shape index (κ1) is 21.0. The van der Waals surface area contributed by atoms with Crippen molar-refractivity contribution in [3.8, 4) is 22.3 Å². The lowest BCUT2D eigenvalue weighted by molar-refractivity contribution is 1.33. The highest BCUT2D eigenvalue weighted by Gasteiger charge is 2.19. The molecule has 38 heavy (non-hydrogen) atoms. The van der Waals surface area contributed by atoms with E-state index in [1.807, 2.05) is 36.7 Å². The van der Waals surface area contributed by atoms with Crippen LogP contribution in [0.15, 0.2) is 128 Å². The Bertz CT molecular complexity index is 2130. The first-order chi connectivity index (χ1) is 18.9. The fourth-order valence-electron chi connectivity index (χ4n) is 5.91. The molecule has 176 valence electrons. The summed E-state index contributed by atoms with van der Waals surface area (Å²) in [5.41, 5.74) is 8.46. The molecule has 3 heteroatoms. The van der Waals surface area contributed by atoms with Gasteiger partial charge in [0.15, 0.2) is 0 Å². The van der Waals surface area contributed by atoms with Gasteiger partial charge in [-0.3, -0.25) is 4.98 Å². The number of hydrogen-bond acceptors (Lipinski definition) is 3. The zero-order valence-corrected chi connectivity index (χ0v) is 20.5. The number of aromatic nitrogens is 3. The molecular formula is C35H21N3. The van der Waals surface area contributed by atoms with E-state index in [-0.39, 0.29) is 0 Å². The van der Waals surface area contributed by atoms with Crippen molar-refractivity contribution >= 4 is 54.4 Å². The molecule has 2 aromatic heterocycles. The second-order valence-corrected chi connectivity index (χ2v) is 9.63. The van der Waals surface area contributed by atoms with E-state index in [2.05, 4.69) is 96.0 Å². The summed E-state index contributed by atoms with van der Waals surface area (Å²) in [5, 5.41) is 7.18. The van der Waals surface area contributed by atoms with Crippen molar-refractivity contribution in [2.24, 2.45) is 0 Å². The van der Waals surface area contributed by atoms with Crippen LogP contribution < -0.4 is 0 Å². The number of hydrogen-bond donors (Lipinski definition) is 0. The molecule has 0 radical (unpaired) electrons. The lowest BCUT2D eigenvalue weighted by Crippen LogP contribution is -1.94. The van der Waals surface area contributed by atoms with E-state index < -0.39 is 0 Å². The van der Waals surface area contributed by atoms with Gasteiger partial charge in [0.05, 0.1) is 22.1 Å². The van der Waals surface area contributed by atoms with Crippen LogP contribution in [-0.4, -0.2) is 15.0 Å². The molecule has 0 bridgehead atoms. The Morgan fingerprint density at radius 2 is 0.895 bits per heavy atom. The molecule has 0 amide bonds. The molecular weight excluding hydrogens is 462 g/mol. The van der Waals surface area contributed by atoms with Crippen LogP contribution >= 0.6 is 0 Å². The monoisotopic (exact) mass is 483 g/mol. The second-order valence-electron chi connectivity index (χ2n) is 9.63. The molecule has 0 spiro atoms. The minimum Gasteiger partial charge on any atom is -0.265 e. The van der Waals surface area contributed by atoms with Crippen molar-refractivity contribution in [3.05, 3.63) is 128 Å². The maximum absolute atomic E-state index is 5.07. The van der Waals surface area contributed by atoms with Gasteiger partial charge < -0.3 is 0 Å². The molecule has 2 heterocycles. The summed E-state index contributed by atoms with van der Waals surface area (Å²) in [5.74, 6) is 0. The lowest BCUT2D eigenvalue weighted by atomic mass is 9.84. The third-order valence-electron chi connectivity index (χ3n) is 7.52. The van der Waals surface area contributed by atoms with Crippen LogP contribution in [-0.2, 0) is 0 Å². The second kappa shape index (κ2) is 8.19. The first-order valence-corrected chi connectivity index (χ1v) is 12.8. The maximum atomic E-state index is 5.07. The van der Waals surface area contributed by atoms with Crippen LogP contribution in [0.25, 0.3) is 76.6 Å². The Morgan fingerprint density at radius 3 is 1.53 bits per heavy atom.